The Hall–Kier alpha value is -3.60. The second-order valence-corrected chi connectivity index (χ2v) is 7.61. The van der Waals surface area contributed by atoms with Crippen molar-refractivity contribution < 1.29 is 14.3 Å². The summed E-state index contributed by atoms with van der Waals surface area (Å²) in [7, 11) is 0. The minimum absolute atomic E-state index is 0.263. The molecule has 2 aliphatic rings. The van der Waals surface area contributed by atoms with Gasteiger partial charge in [-0.3, -0.25) is 4.99 Å². The predicted molar refractivity (Wildman–Crippen MR) is 125 cm³/mol. The van der Waals surface area contributed by atoms with Gasteiger partial charge in [0.15, 0.2) is 0 Å². The Labute approximate surface area is 181 Å². The molecule has 2 N–H and O–H groups in total. The van der Waals surface area contributed by atoms with E-state index in [-0.39, 0.29) is 5.56 Å². The van der Waals surface area contributed by atoms with Gasteiger partial charge in [-0.2, -0.15) is 0 Å². The molecule has 0 spiro atoms. The van der Waals surface area contributed by atoms with Gasteiger partial charge in [0.2, 0.25) is 0 Å². The summed E-state index contributed by atoms with van der Waals surface area (Å²) in [4.78, 5) is 16.6. The molecule has 158 valence electrons. The van der Waals surface area contributed by atoms with Crippen molar-refractivity contribution in [1.82, 2.24) is 0 Å². The van der Waals surface area contributed by atoms with Gasteiger partial charge >= 0.3 is 5.97 Å². The molecule has 5 heteroatoms. The zero-order valence-electron chi connectivity index (χ0n) is 18.2. The smallest absolute Gasteiger partial charge is 0.336 e. The summed E-state index contributed by atoms with van der Waals surface area (Å²) in [5, 5.41) is 15.0. The first-order valence-electron chi connectivity index (χ1n) is 10.5. The highest BCUT2D eigenvalue weighted by molar-refractivity contribution is 6.01. The molecule has 0 aromatic heterocycles. The Morgan fingerprint density at radius 1 is 1.06 bits per heavy atom. The summed E-state index contributed by atoms with van der Waals surface area (Å²) >= 11 is 0. The van der Waals surface area contributed by atoms with E-state index in [4.69, 9.17) is 4.42 Å². The third-order valence-corrected chi connectivity index (χ3v) is 5.56. The number of rotatable bonds is 5. The van der Waals surface area contributed by atoms with Gasteiger partial charge in [-0.05, 0) is 68.1 Å². The molecule has 5 nitrogen and oxygen atoms in total. The highest BCUT2D eigenvalue weighted by atomic mass is 16.4. The van der Waals surface area contributed by atoms with E-state index >= 15 is 0 Å². The van der Waals surface area contributed by atoms with E-state index in [1.807, 2.05) is 38.1 Å². The van der Waals surface area contributed by atoms with Crippen LogP contribution in [0.2, 0.25) is 0 Å². The van der Waals surface area contributed by atoms with E-state index in [9.17, 15) is 9.90 Å². The SMILES string of the molecule is CCN=c1cc2oc3cc(NCC)c(C)cc3cc-2c(-c2ccccc2C(=O)O)c1C. The Morgan fingerprint density at radius 3 is 2.55 bits per heavy atom. The largest absolute Gasteiger partial charge is 0.478 e. The average Bonchev–Trinajstić information content (AvgIpc) is 2.74. The van der Waals surface area contributed by atoms with Gasteiger partial charge in [-0.15, -0.1) is 0 Å². The Morgan fingerprint density at radius 2 is 1.84 bits per heavy atom. The minimum atomic E-state index is -0.954. The van der Waals surface area contributed by atoms with Gasteiger partial charge < -0.3 is 14.8 Å². The van der Waals surface area contributed by atoms with Crippen LogP contribution in [0.4, 0.5) is 5.69 Å². The topological polar surface area (TPSA) is 74.8 Å². The molecule has 0 unspecified atom stereocenters. The molecule has 0 radical (unpaired) electrons. The van der Waals surface area contributed by atoms with Crippen molar-refractivity contribution in [3.05, 3.63) is 70.6 Å². The predicted octanol–water partition coefficient (Wildman–Crippen LogP) is 5.87. The van der Waals surface area contributed by atoms with Crippen LogP contribution in [0.1, 0.15) is 35.3 Å². The van der Waals surface area contributed by atoms with Crippen LogP contribution in [0, 0.1) is 13.8 Å². The summed E-state index contributed by atoms with van der Waals surface area (Å²) in [6.45, 7) is 9.56. The van der Waals surface area contributed by atoms with Crippen LogP contribution in [0.3, 0.4) is 0 Å². The molecule has 1 heterocycles. The molecule has 2 aromatic carbocycles. The number of hydrogen-bond donors (Lipinski definition) is 2. The lowest BCUT2D eigenvalue weighted by molar-refractivity contribution is 0.0697. The maximum atomic E-state index is 12.0. The number of nitrogens with one attached hydrogen (secondary N) is 1. The van der Waals surface area contributed by atoms with Crippen LogP contribution < -0.4 is 10.7 Å². The summed E-state index contributed by atoms with van der Waals surface area (Å²) in [5.74, 6) is -0.267. The number of carboxylic acid groups (broad SMARTS) is 1. The number of hydrogen-bond acceptors (Lipinski definition) is 4. The number of aryl methyl sites for hydroxylation is 1. The van der Waals surface area contributed by atoms with Gasteiger partial charge in [0.05, 0.1) is 10.9 Å². The zero-order valence-corrected chi connectivity index (χ0v) is 18.2. The minimum Gasteiger partial charge on any atom is -0.478 e. The molecular formula is C26H26N2O3. The molecule has 31 heavy (non-hydrogen) atoms. The first kappa shape index (κ1) is 20.7. The fourth-order valence-electron chi connectivity index (χ4n) is 4.13. The molecule has 0 bridgehead atoms. The summed E-state index contributed by atoms with van der Waals surface area (Å²) in [6.07, 6.45) is 0. The maximum absolute atomic E-state index is 12.0. The summed E-state index contributed by atoms with van der Waals surface area (Å²) in [5.41, 5.74) is 6.55. The van der Waals surface area contributed by atoms with Gasteiger partial charge in [-0.25, -0.2) is 4.79 Å². The van der Waals surface area contributed by atoms with Crippen LogP contribution in [-0.2, 0) is 0 Å². The quantitative estimate of drug-likeness (QED) is 0.400. The van der Waals surface area contributed by atoms with Gasteiger partial charge in [0, 0.05) is 41.9 Å². The summed E-state index contributed by atoms with van der Waals surface area (Å²) in [6, 6.07) is 15.3. The van der Waals surface area contributed by atoms with Gasteiger partial charge in [0.1, 0.15) is 11.3 Å². The third kappa shape index (κ3) is 3.67. The Kier molecular flexibility index (Phi) is 5.51. The van der Waals surface area contributed by atoms with Gasteiger partial charge in [-0.1, -0.05) is 18.2 Å². The van der Waals surface area contributed by atoms with Crippen molar-refractivity contribution in [3.8, 4) is 22.5 Å². The number of aromatic carboxylic acids is 1. The molecular weight excluding hydrogens is 388 g/mol. The molecule has 1 aliphatic heterocycles. The highest BCUT2D eigenvalue weighted by Gasteiger charge is 2.21. The molecule has 0 fully saturated rings. The molecule has 0 saturated carbocycles. The fraction of sp³-hybridized carbons (Fsp3) is 0.231. The van der Waals surface area contributed by atoms with Crippen molar-refractivity contribution >= 4 is 22.6 Å². The van der Waals surface area contributed by atoms with E-state index < -0.39 is 5.97 Å². The van der Waals surface area contributed by atoms with E-state index in [1.54, 1.807) is 12.1 Å². The number of nitrogens with zero attached hydrogens (tertiary/aromatic N) is 1. The molecule has 0 saturated heterocycles. The molecule has 2 aromatic rings. The second kappa shape index (κ2) is 8.26. The van der Waals surface area contributed by atoms with Crippen molar-refractivity contribution in [3.63, 3.8) is 0 Å². The van der Waals surface area contributed by atoms with Crippen molar-refractivity contribution in [2.24, 2.45) is 4.99 Å². The van der Waals surface area contributed by atoms with Gasteiger partial charge in [0.25, 0.3) is 0 Å². The molecule has 0 atom stereocenters. The number of carboxylic acids is 1. The van der Waals surface area contributed by atoms with E-state index in [2.05, 4.69) is 36.3 Å². The lowest BCUT2D eigenvalue weighted by Gasteiger charge is -2.18. The third-order valence-electron chi connectivity index (χ3n) is 5.56. The number of carbonyl (C=O) groups is 1. The Bertz CT molecular complexity index is 1330. The lowest BCUT2D eigenvalue weighted by Crippen LogP contribution is -2.12. The number of fused-ring (bicyclic) bond motifs is 2. The Balaban J connectivity index is 2.13. The normalized spacial score (nSPS) is 11.9. The monoisotopic (exact) mass is 414 g/mol. The van der Waals surface area contributed by atoms with Crippen LogP contribution in [-0.4, -0.2) is 24.2 Å². The summed E-state index contributed by atoms with van der Waals surface area (Å²) < 4.78 is 6.35. The van der Waals surface area contributed by atoms with Crippen molar-refractivity contribution in [2.45, 2.75) is 27.7 Å². The lowest BCUT2D eigenvalue weighted by atomic mass is 9.88. The molecule has 1 aliphatic carbocycles. The number of anilines is 1. The molecule has 0 amide bonds. The first-order chi connectivity index (χ1) is 14.9. The highest BCUT2D eigenvalue weighted by Crippen LogP contribution is 2.39. The standard InChI is InChI=1S/C26H26N2O3/c1-5-27-21-13-23-17(11-15(21)3)12-20-24(31-23)14-22(28-6-2)16(4)25(20)18-9-7-8-10-19(18)26(29)30/h7-14,27H,5-6H2,1-4H3,(H,29,30). The average molecular weight is 415 g/mol. The van der Waals surface area contributed by atoms with Crippen LogP contribution in [0.15, 0.2) is 57.9 Å². The van der Waals surface area contributed by atoms with E-state index in [0.29, 0.717) is 17.9 Å². The fourth-order valence-corrected chi connectivity index (χ4v) is 4.13. The van der Waals surface area contributed by atoms with E-state index in [0.717, 1.165) is 50.8 Å². The van der Waals surface area contributed by atoms with Crippen molar-refractivity contribution in [2.75, 3.05) is 18.4 Å². The van der Waals surface area contributed by atoms with E-state index in [1.165, 1.54) is 0 Å². The maximum Gasteiger partial charge on any atom is 0.336 e. The van der Waals surface area contributed by atoms with Crippen LogP contribution in [0.5, 0.6) is 0 Å². The number of benzene rings is 3. The second-order valence-electron chi connectivity index (χ2n) is 7.61. The van der Waals surface area contributed by atoms with Crippen LogP contribution >= 0.6 is 0 Å². The zero-order chi connectivity index (χ0) is 22.1. The molecule has 4 rings (SSSR count). The first-order valence-corrected chi connectivity index (χ1v) is 10.5. The van der Waals surface area contributed by atoms with Crippen molar-refractivity contribution in [1.29, 1.82) is 0 Å². The van der Waals surface area contributed by atoms with Crippen LogP contribution in [0.25, 0.3) is 33.4 Å².